The van der Waals surface area contributed by atoms with Gasteiger partial charge >= 0.3 is 0 Å². The molecule has 2 rings (SSSR count). The lowest BCUT2D eigenvalue weighted by molar-refractivity contribution is 0.0971. The van der Waals surface area contributed by atoms with Gasteiger partial charge < -0.3 is 4.57 Å². The van der Waals surface area contributed by atoms with Crippen LogP contribution in [-0.2, 0) is 13.0 Å². The number of carbonyl (C=O) groups excluding carboxylic acids is 1. The molecule has 0 radical (unpaired) electrons. The highest BCUT2D eigenvalue weighted by Crippen LogP contribution is 2.22. The molecule has 0 bridgehead atoms. The minimum absolute atomic E-state index is 0.328. The summed E-state index contributed by atoms with van der Waals surface area (Å²) in [4.78, 5) is 11.6. The highest BCUT2D eigenvalue weighted by molar-refractivity contribution is 5.98. The third kappa shape index (κ3) is 1.61. The summed E-state index contributed by atoms with van der Waals surface area (Å²) < 4.78 is 2.25. The van der Waals surface area contributed by atoms with Gasteiger partial charge in [-0.2, -0.15) is 0 Å². The Morgan fingerprint density at radius 3 is 2.93 bits per heavy atom. The van der Waals surface area contributed by atoms with Crippen molar-refractivity contribution in [3.8, 4) is 0 Å². The number of nitrogens with zero attached hydrogens (tertiary/aromatic N) is 1. The zero-order valence-electron chi connectivity index (χ0n) is 8.92. The van der Waals surface area contributed by atoms with Crippen LogP contribution in [0.2, 0.25) is 0 Å². The van der Waals surface area contributed by atoms with Crippen molar-refractivity contribution in [2.45, 2.75) is 39.7 Å². The lowest BCUT2D eigenvalue weighted by Crippen LogP contribution is -2.14. The van der Waals surface area contributed by atoms with E-state index in [4.69, 9.17) is 0 Å². The third-order valence-corrected chi connectivity index (χ3v) is 2.76. The van der Waals surface area contributed by atoms with Crippen LogP contribution in [0.25, 0.3) is 0 Å². The number of aromatic nitrogens is 1. The Hall–Kier alpha value is -1.05. The molecule has 0 amide bonds. The molecule has 0 aliphatic heterocycles. The van der Waals surface area contributed by atoms with E-state index in [0.29, 0.717) is 11.7 Å². The predicted octanol–water partition coefficient (Wildman–Crippen LogP) is 2.66. The van der Waals surface area contributed by atoms with Gasteiger partial charge in [-0.25, -0.2) is 0 Å². The zero-order valence-corrected chi connectivity index (χ0v) is 8.92. The first kappa shape index (κ1) is 9.50. The Kier molecular flexibility index (Phi) is 2.44. The predicted molar refractivity (Wildman–Crippen MR) is 56.5 cm³/mol. The van der Waals surface area contributed by atoms with Crippen LogP contribution in [0.5, 0.6) is 0 Å². The second-order valence-electron chi connectivity index (χ2n) is 4.50. The van der Waals surface area contributed by atoms with Crippen LogP contribution in [0, 0.1) is 5.92 Å². The molecular weight excluding hydrogens is 174 g/mol. The molecular formula is C12H17NO. The summed E-state index contributed by atoms with van der Waals surface area (Å²) in [5.74, 6) is 0.970. The molecule has 1 heterocycles. The van der Waals surface area contributed by atoms with Crippen molar-refractivity contribution in [3.63, 3.8) is 0 Å². The molecule has 0 fully saturated rings. The topological polar surface area (TPSA) is 22.0 Å². The van der Waals surface area contributed by atoms with Crippen molar-refractivity contribution in [2.75, 3.05) is 0 Å². The fourth-order valence-corrected chi connectivity index (χ4v) is 2.15. The van der Waals surface area contributed by atoms with E-state index in [2.05, 4.69) is 24.6 Å². The molecule has 0 saturated carbocycles. The summed E-state index contributed by atoms with van der Waals surface area (Å²) in [5.41, 5.74) is 2.23. The van der Waals surface area contributed by atoms with Gasteiger partial charge in [0.2, 0.25) is 0 Å². The molecule has 0 aromatic carbocycles. The fourth-order valence-electron chi connectivity index (χ4n) is 2.15. The average Bonchev–Trinajstić information content (AvgIpc) is 2.49. The van der Waals surface area contributed by atoms with Gasteiger partial charge in [-0.1, -0.05) is 13.8 Å². The Morgan fingerprint density at radius 1 is 1.43 bits per heavy atom. The standard InChI is InChI=1S/C12H17NO/c1-9(2)8-13-7-6-10-11(13)4-3-5-12(10)14/h6-7,9H,3-5,8H2,1-2H3. The Labute approximate surface area is 84.9 Å². The zero-order chi connectivity index (χ0) is 10.1. The number of hydrogen-bond donors (Lipinski definition) is 0. The molecule has 1 aliphatic rings. The first-order valence-electron chi connectivity index (χ1n) is 5.39. The van der Waals surface area contributed by atoms with Gasteiger partial charge in [0.25, 0.3) is 0 Å². The van der Waals surface area contributed by atoms with E-state index in [0.717, 1.165) is 31.4 Å². The van der Waals surface area contributed by atoms with Gasteiger partial charge in [0.1, 0.15) is 0 Å². The van der Waals surface area contributed by atoms with Crippen molar-refractivity contribution in [1.82, 2.24) is 4.57 Å². The molecule has 0 atom stereocenters. The highest BCUT2D eigenvalue weighted by atomic mass is 16.1. The lowest BCUT2D eigenvalue weighted by atomic mass is 9.96. The molecule has 1 aromatic rings. The number of rotatable bonds is 2. The average molecular weight is 191 g/mol. The Balaban J connectivity index is 2.31. The quantitative estimate of drug-likeness (QED) is 0.704. The number of fused-ring (bicyclic) bond motifs is 1. The van der Waals surface area contributed by atoms with E-state index in [1.165, 1.54) is 5.69 Å². The van der Waals surface area contributed by atoms with Crippen LogP contribution in [0.15, 0.2) is 12.3 Å². The van der Waals surface area contributed by atoms with Crippen LogP contribution in [0.3, 0.4) is 0 Å². The van der Waals surface area contributed by atoms with Crippen LogP contribution in [0.1, 0.15) is 42.7 Å². The summed E-state index contributed by atoms with van der Waals surface area (Å²) in [5, 5.41) is 0. The molecule has 14 heavy (non-hydrogen) atoms. The lowest BCUT2D eigenvalue weighted by Gasteiger charge is -2.16. The summed E-state index contributed by atoms with van der Waals surface area (Å²) >= 11 is 0. The van der Waals surface area contributed by atoms with E-state index in [1.54, 1.807) is 0 Å². The summed E-state index contributed by atoms with van der Waals surface area (Å²) in [7, 11) is 0. The van der Waals surface area contributed by atoms with Gasteiger partial charge in [-0.3, -0.25) is 4.79 Å². The normalized spacial score (nSPS) is 16.1. The molecule has 0 spiro atoms. The molecule has 2 heteroatoms. The number of hydrogen-bond acceptors (Lipinski definition) is 1. The van der Waals surface area contributed by atoms with Gasteiger partial charge in [-0.05, 0) is 24.8 Å². The number of ketones is 1. The first-order valence-corrected chi connectivity index (χ1v) is 5.39. The molecule has 0 saturated heterocycles. The van der Waals surface area contributed by atoms with Crippen LogP contribution < -0.4 is 0 Å². The van der Waals surface area contributed by atoms with Crippen molar-refractivity contribution in [1.29, 1.82) is 0 Å². The van der Waals surface area contributed by atoms with Crippen molar-refractivity contribution >= 4 is 5.78 Å². The minimum Gasteiger partial charge on any atom is -0.350 e. The Morgan fingerprint density at radius 2 is 2.21 bits per heavy atom. The van der Waals surface area contributed by atoms with E-state index >= 15 is 0 Å². The number of Topliss-reactive ketones (excluding diaryl/α,β-unsaturated/α-hetero) is 1. The van der Waals surface area contributed by atoms with Gasteiger partial charge in [-0.15, -0.1) is 0 Å². The second kappa shape index (κ2) is 3.60. The molecule has 0 N–H and O–H groups in total. The monoisotopic (exact) mass is 191 g/mol. The van der Waals surface area contributed by atoms with E-state index < -0.39 is 0 Å². The van der Waals surface area contributed by atoms with E-state index in [-0.39, 0.29) is 0 Å². The summed E-state index contributed by atoms with van der Waals surface area (Å²) in [6.07, 6.45) is 4.89. The maximum Gasteiger partial charge on any atom is 0.164 e. The van der Waals surface area contributed by atoms with E-state index in [9.17, 15) is 4.79 Å². The third-order valence-electron chi connectivity index (χ3n) is 2.76. The maximum atomic E-state index is 11.6. The van der Waals surface area contributed by atoms with Gasteiger partial charge in [0.15, 0.2) is 5.78 Å². The van der Waals surface area contributed by atoms with Crippen molar-refractivity contribution in [3.05, 3.63) is 23.5 Å². The summed E-state index contributed by atoms with van der Waals surface area (Å²) in [6.45, 7) is 5.44. The first-order chi connectivity index (χ1) is 6.68. The highest BCUT2D eigenvalue weighted by Gasteiger charge is 2.20. The van der Waals surface area contributed by atoms with Crippen molar-refractivity contribution < 1.29 is 4.79 Å². The second-order valence-corrected chi connectivity index (χ2v) is 4.50. The number of carbonyl (C=O) groups is 1. The molecule has 1 aliphatic carbocycles. The summed E-state index contributed by atoms with van der Waals surface area (Å²) in [6, 6.07) is 1.99. The molecule has 1 aromatic heterocycles. The van der Waals surface area contributed by atoms with Crippen LogP contribution in [-0.4, -0.2) is 10.4 Å². The van der Waals surface area contributed by atoms with Gasteiger partial charge in [0, 0.05) is 30.4 Å². The maximum absolute atomic E-state index is 11.6. The van der Waals surface area contributed by atoms with Crippen molar-refractivity contribution in [2.24, 2.45) is 5.92 Å². The largest absolute Gasteiger partial charge is 0.350 e. The molecule has 2 nitrogen and oxygen atoms in total. The Bertz CT molecular complexity index is 349. The van der Waals surface area contributed by atoms with E-state index in [1.807, 2.05) is 6.07 Å². The SMILES string of the molecule is CC(C)Cn1ccc2c1CCCC2=O. The molecule has 0 unspecified atom stereocenters. The fraction of sp³-hybridized carbons (Fsp3) is 0.583. The van der Waals surface area contributed by atoms with Crippen LogP contribution in [0.4, 0.5) is 0 Å². The molecule has 76 valence electrons. The van der Waals surface area contributed by atoms with Gasteiger partial charge in [0.05, 0.1) is 0 Å². The van der Waals surface area contributed by atoms with Crippen LogP contribution >= 0.6 is 0 Å². The smallest absolute Gasteiger partial charge is 0.164 e. The minimum atomic E-state index is 0.328.